The van der Waals surface area contributed by atoms with Crippen molar-refractivity contribution < 1.29 is 14.7 Å². The molecule has 1 amide bonds. The van der Waals surface area contributed by atoms with E-state index in [1.165, 1.54) is 19.3 Å². The van der Waals surface area contributed by atoms with Crippen LogP contribution in [0.5, 0.6) is 0 Å². The SMILES string of the molecule is O=C(O)CNC(=O)CN1CC2(CCC2)C1. The summed E-state index contributed by atoms with van der Waals surface area (Å²) in [6.07, 6.45) is 3.90. The zero-order chi connectivity index (χ0) is 10.9. The molecule has 2 rings (SSSR count). The monoisotopic (exact) mass is 212 g/mol. The molecule has 84 valence electrons. The number of hydrogen-bond acceptors (Lipinski definition) is 3. The number of carboxylic acid groups (broad SMARTS) is 1. The molecule has 0 radical (unpaired) electrons. The molecule has 5 heteroatoms. The van der Waals surface area contributed by atoms with Crippen molar-refractivity contribution in [3.63, 3.8) is 0 Å². The predicted molar refractivity (Wildman–Crippen MR) is 53.4 cm³/mol. The molecular formula is C10H16N2O3. The number of nitrogens with zero attached hydrogens (tertiary/aromatic N) is 1. The molecule has 0 aromatic carbocycles. The molecule has 5 nitrogen and oxygen atoms in total. The largest absolute Gasteiger partial charge is 0.480 e. The number of nitrogens with one attached hydrogen (secondary N) is 1. The number of hydrogen-bond donors (Lipinski definition) is 2. The number of likely N-dealkylation sites (tertiary alicyclic amines) is 1. The number of rotatable bonds is 4. The third kappa shape index (κ3) is 2.28. The molecule has 1 aliphatic heterocycles. The van der Waals surface area contributed by atoms with Gasteiger partial charge in [-0.25, -0.2) is 0 Å². The normalized spacial score (nSPS) is 22.9. The van der Waals surface area contributed by atoms with Crippen molar-refractivity contribution in [3.05, 3.63) is 0 Å². The molecule has 15 heavy (non-hydrogen) atoms. The van der Waals surface area contributed by atoms with Crippen LogP contribution >= 0.6 is 0 Å². The van der Waals surface area contributed by atoms with Gasteiger partial charge in [0.2, 0.25) is 5.91 Å². The summed E-state index contributed by atoms with van der Waals surface area (Å²) in [7, 11) is 0. The Labute approximate surface area is 88.4 Å². The van der Waals surface area contributed by atoms with Crippen LogP contribution in [0.15, 0.2) is 0 Å². The summed E-state index contributed by atoms with van der Waals surface area (Å²) in [5.74, 6) is -1.19. The average Bonchev–Trinajstić information content (AvgIpc) is 2.03. The first-order valence-electron chi connectivity index (χ1n) is 5.31. The fourth-order valence-corrected chi connectivity index (χ4v) is 2.44. The van der Waals surface area contributed by atoms with Crippen LogP contribution in [0.1, 0.15) is 19.3 Å². The summed E-state index contributed by atoms with van der Waals surface area (Å²) in [6.45, 7) is 2.08. The van der Waals surface area contributed by atoms with E-state index in [0.717, 1.165) is 13.1 Å². The molecule has 0 aromatic rings. The van der Waals surface area contributed by atoms with Gasteiger partial charge in [0, 0.05) is 13.1 Å². The highest BCUT2D eigenvalue weighted by Gasteiger charge is 2.47. The second kappa shape index (κ2) is 3.81. The van der Waals surface area contributed by atoms with Crippen LogP contribution in [-0.4, -0.2) is 48.1 Å². The summed E-state index contributed by atoms with van der Waals surface area (Å²) in [4.78, 5) is 23.5. The number of aliphatic carboxylic acids is 1. The van der Waals surface area contributed by atoms with E-state index in [2.05, 4.69) is 10.2 Å². The topological polar surface area (TPSA) is 69.6 Å². The first kappa shape index (κ1) is 10.4. The Morgan fingerprint density at radius 1 is 1.33 bits per heavy atom. The minimum absolute atomic E-state index is 0.188. The number of carboxylic acids is 1. The molecule has 0 atom stereocenters. The van der Waals surface area contributed by atoms with Crippen LogP contribution in [0, 0.1) is 5.41 Å². The molecule has 2 N–H and O–H groups in total. The molecule has 1 heterocycles. The van der Waals surface area contributed by atoms with Gasteiger partial charge >= 0.3 is 5.97 Å². The molecule has 0 bridgehead atoms. The van der Waals surface area contributed by atoms with Gasteiger partial charge in [-0.2, -0.15) is 0 Å². The van der Waals surface area contributed by atoms with Crippen molar-refractivity contribution >= 4 is 11.9 Å². The van der Waals surface area contributed by atoms with E-state index in [-0.39, 0.29) is 12.5 Å². The fraction of sp³-hybridized carbons (Fsp3) is 0.800. The van der Waals surface area contributed by atoms with E-state index in [1.807, 2.05) is 0 Å². The van der Waals surface area contributed by atoms with Crippen LogP contribution in [0.4, 0.5) is 0 Å². The lowest BCUT2D eigenvalue weighted by molar-refractivity contribution is -0.139. The van der Waals surface area contributed by atoms with Crippen LogP contribution in [0.3, 0.4) is 0 Å². The minimum Gasteiger partial charge on any atom is -0.480 e. The van der Waals surface area contributed by atoms with E-state index in [0.29, 0.717) is 12.0 Å². The van der Waals surface area contributed by atoms with E-state index in [9.17, 15) is 9.59 Å². The summed E-state index contributed by atoms with van der Waals surface area (Å²) >= 11 is 0. The quantitative estimate of drug-likeness (QED) is 0.669. The first-order valence-corrected chi connectivity index (χ1v) is 5.31. The van der Waals surface area contributed by atoms with Gasteiger partial charge in [-0.1, -0.05) is 6.42 Å². The summed E-state index contributed by atoms with van der Waals surface area (Å²) in [5, 5.41) is 10.7. The Hall–Kier alpha value is -1.10. The van der Waals surface area contributed by atoms with Crippen molar-refractivity contribution in [1.82, 2.24) is 10.2 Å². The Bertz CT molecular complexity index is 278. The molecule has 0 aromatic heterocycles. The second-order valence-electron chi connectivity index (χ2n) is 4.67. The Kier molecular flexibility index (Phi) is 2.65. The predicted octanol–water partition coefficient (Wildman–Crippen LogP) is -0.327. The number of amides is 1. The van der Waals surface area contributed by atoms with Crippen molar-refractivity contribution in [3.8, 4) is 0 Å². The molecule has 2 aliphatic rings. The minimum atomic E-state index is -0.998. The lowest BCUT2D eigenvalue weighted by atomic mass is 9.63. The molecule has 1 spiro atoms. The number of carbonyl (C=O) groups excluding carboxylic acids is 1. The highest BCUT2D eigenvalue weighted by Crippen LogP contribution is 2.47. The smallest absolute Gasteiger partial charge is 0.322 e. The molecule has 2 fully saturated rings. The van der Waals surface area contributed by atoms with Gasteiger partial charge in [0.25, 0.3) is 0 Å². The fourth-order valence-electron chi connectivity index (χ4n) is 2.44. The second-order valence-corrected chi connectivity index (χ2v) is 4.67. The highest BCUT2D eigenvalue weighted by molar-refractivity contribution is 5.82. The van der Waals surface area contributed by atoms with Crippen molar-refractivity contribution in [1.29, 1.82) is 0 Å². The third-order valence-electron chi connectivity index (χ3n) is 3.34. The van der Waals surface area contributed by atoms with Gasteiger partial charge in [0.15, 0.2) is 0 Å². The van der Waals surface area contributed by atoms with Gasteiger partial charge in [-0.05, 0) is 18.3 Å². The van der Waals surface area contributed by atoms with Gasteiger partial charge in [0.1, 0.15) is 6.54 Å². The Morgan fingerprint density at radius 3 is 2.47 bits per heavy atom. The maximum atomic E-state index is 11.3. The van der Waals surface area contributed by atoms with Crippen LogP contribution in [-0.2, 0) is 9.59 Å². The molecule has 1 saturated heterocycles. The standard InChI is InChI=1S/C10H16N2O3/c13-8(11-4-9(14)15)5-12-6-10(7-12)2-1-3-10/h1-7H2,(H,11,13)(H,14,15). The van der Waals surface area contributed by atoms with Crippen molar-refractivity contribution in [2.45, 2.75) is 19.3 Å². The summed E-state index contributed by atoms with van der Waals surface area (Å²) < 4.78 is 0. The molecule has 1 aliphatic carbocycles. The molecular weight excluding hydrogens is 196 g/mol. The Balaban J connectivity index is 1.62. The first-order chi connectivity index (χ1) is 7.10. The van der Waals surface area contributed by atoms with Crippen LogP contribution < -0.4 is 5.32 Å². The van der Waals surface area contributed by atoms with Gasteiger partial charge in [-0.3, -0.25) is 14.5 Å². The van der Waals surface area contributed by atoms with E-state index in [4.69, 9.17) is 5.11 Å². The third-order valence-corrected chi connectivity index (χ3v) is 3.34. The van der Waals surface area contributed by atoms with Gasteiger partial charge in [0.05, 0.1) is 6.54 Å². The van der Waals surface area contributed by atoms with Crippen LogP contribution in [0.2, 0.25) is 0 Å². The van der Waals surface area contributed by atoms with Gasteiger partial charge < -0.3 is 10.4 Å². The average molecular weight is 212 g/mol. The number of carbonyl (C=O) groups is 2. The van der Waals surface area contributed by atoms with E-state index >= 15 is 0 Å². The van der Waals surface area contributed by atoms with Crippen LogP contribution in [0.25, 0.3) is 0 Å². The zero-order valence-electron chi connectivity index (χ0n) is 8.66. The van der Waals surface area contributed by atoms with Gasteiger partial charge in [-0.15, -0.1) is 0 Å². The van der Waals surface area contributed by atoms with E-state index < -0.39 is 5.97 Å². The lowest BCUT2D eigenvalue weighted by Crippen LogP contribution is -2.61. The van der Waals surface area contributed by atoms with Crippen molar-refractivity contribution in [2.24, 2.45) is 5.41 Å². The molecule has 0 unspecified atom stereocenters. The maximum absolute atomic E-state index is 11.3. The summed E-state index contributed by atoms with van der Waals surface area (Å²) in [6, 6.07) is 0. The molecule has 1 saturated carbocycles. The Morgan fingerprint density at radius 2 is 2.00 bits per heavy atom. The summed E-state index contributed by atoms with van der Waals surface area (Å²) in [5.41, 5.74) is 0.521. The zero-order valence-corrected chi connectivity index (χ0v) is 8.66. The maximum Gasteiger partial charge on any atom is 0.322 e. The van der Waals surface area contributed by atoms with Crippen molar-refractivity contribution in [2.75, 3.05) is 26.2 Å². The van der Waals surface area contributed by atoms with E-state index in [1.54, 1.807) is 0 Å². The highest BCUT2D eigenvalue weighted by atomic mass is 16.4. The lowest BCUT2D eigenvalue weighted by Gasteiger charge is -2.55.